The van der Waals surface area contributed by atoms with Crippen molar-refractivity contribution in [3.63, 3.8) is 0 Å². The highest BCUT2D eigenvalue weighted by Crippen LogP contribution is 2.26. The predicted octanol–water partition coefficient (Wildman–Crippen LogP) is 1.50. The zero-order valence-electron chi connectivity index (χ0n) is 8.67. The Bertz CT molecular complexity index is 298. The van der Waals surface area contributed by atoms with Gasteiger partial charge in [-0.15, -0.1) is 0 Å². The van der Waals surface area contributed by atoms with Gasteiger partial charge in [-0.25, -0.2) is 4.79 Å². The molecular weight excluding hydrogens is 200 g/mol. The van der Waals surface area contributed by atoms with Gasteiger partial charge in [-0.3, -0.25) is 0 Å². The van der Waals surface area contributed by atoms with Crippen molar-refractivity contribution < 1.29 is 14.6 Å². The Labute approximate surface area is 87.0 Å². The molecule has 2 atom stereocenters. The fourth-order valence-electron chi connectivity index (χ4n) is 1.62. The van der Waals surface area contributed by atoms with E-state index in [1.165, 1.54) is 0 Å². The van der Waals surface area contributed by atoms with Gasteiger partial charge in [0.15, 0.2) is 0 Å². The number of carbonyl (C=O) groups is 1. The Morgan fingerprint density at radius 1 is 1.73 bits per heavy atom. The van der Waals surface area contributed by atoms with E-state index in [4.69, 9.17) is 15.4 Å². The molecule has 7 heteroatoms. The summed E-state index contributed by atoms with van der Waals surface area (Å²) in [6.07, 6.45) is -0.636. The summed E-state index contributed by atoms with van der Waals surface area (Å²) in [5.74, 6) is 0. The van der Waals surface area contributed by atoms with E-state index in [0.29, 0.717) is 6.42 Å². The predicted molar refractivity (Wildman–Crippen MR) is 52.5 cm³/mol. The van der Waals surface area contributed by atoms with Gasteiger partial charge in [0, 0.05) is 4.91 Å². The van der Waals surface area contributed by atoms with Crippen molar-refractivity contribution in [2.45, 2.75) is 38.0 Å². The first kappa shape index (κ1) is 11.6. The summed E-state index contributed by atoms with van der Waals surface area (Å²) < 4.78 is 5.45. The number of nitrogens with zero attached hydrogens (tertiary/aromatic N) is 3. The average molecular weight is 214 g/mol. The van der Waals surface area contributed by atoms with Crippen LogP contribution in [-0.2, 0) is 4.74 Å². The Hall–Kier alpha value is -1.46. The SMILES string of the molecule is CC1(C)C[C@H](N=[N+]=[N-])[C@@H](NC(=O)O)CO1. The van der Waals surface area contributed by atoms with Gasteiger partial charge >= 0.3 is 6.09 Å². The molecular formula is C8H14N4O3. The minimum Gasteiger partial charge on any atom is -0.465 e. The van der Waals surface area contributed by atoms with Gasteiger partial charge in [-0.2, -0.15) is 0 Å². The highest BCUT2D eigenvalue weighted by Gasteiger charge is 2.35. The fraction of sp³-hybridized carbons (Fsp3) is 0.875. The molecule has 0 saturated carbocycles. The minimum atomic E-state index is -1.14. The van der Waals surface area contributed by atoms with Crippen LogP contribution in [0.15, 0.2) is 5.11 Å². The number of nitrogens with one attached hydrogen (secondary N) is 1. The van der Waals surface area contributed by atoms with Crippen molar-refractivity contribution >= 4 is 6.09 Å². The molecule has 1 heterocycles. The van der Waals surface area contributed by atoms with E-state index in [-0.39, 0.29) is 12.2 Å². The number of ether oxygens (including phenoxy) is 1. The third-order valence-electron chi connectivity index (χ3n) is 2.33. The molecule has 0 bridgehead atoms. The van der Waals surface area contributed by atoms with Crippen molar-refractivity contribution in [2.75, 3.05) is 6.61 Å². The number of hydrogen-bond acceptors (Lipinski definition) is 3. The number of azide groups is 1. The van der Waals surface area contributed by atoms with Crippen LogP contribution in [0.4, 0.5) is 4.79 Å². The largest absolute Gasteiger partial charge is 0.465 e. The van der Waals surface area contributed by atoms with Crippen molar-refractivity contribution in [2.24, 2.45) is 5.11 Å². The van der Waals surface area contributed by atoms with Gasteiger partial charge in [-0.1, -0.05) is 5.11 Å². The lowest BCUT2D eigenvalue weighted by Gasteiger charge is -2.38. The molecule has 2 N–H and O–H groups in total. The molecule has 0 aromatic rings. The molecule has 7 nitrogen and oxygen atoms in total. The van der Waals surface area contributed by atoms with E-state index < -0.39 is 18.2 Å². The second kappa shape index (κ2) is 4.37. The van der Waals surface area contributed by atoms with E-state index in [9.17, 15) is 4.79 Å². The second-order valence-electron chi connectivity index (χ2n) is 4.10. The number of amides is 1. The van der Waals surface area contributed by atoms with Gasteiger partial charge in [-0.05, 0) is 25.8 Å². The fourth-order valence-corrected chi connectivity index (χ4v) is 1.62. The normalized spacial score (nSPS) is 28.9. The Morgan fingerprint density at radius 3 is 2.93 bits per heavy atom. The van der Waals surface area contributed by atoms with Crippen LogP contribution in [0.3, 0.4) is 0 Å². The molecule has 0 spiro atoms. The van der Waals surface area contributed by atoms with E-state index in [2.05, 4.69) is 15.3 Å². The molecule has 15 heavy (non-hydrogen) atoms. The van der Waals surface area contributed by atoms with Gasteiger partial charge in [0.25, 0.3) is 0 Å². The minimum absolute atomic E-state index is 0.225. The highest BCUT2D eigenvalue weighted by atomic mass is 16.5. The third kappa shape index (κ3) is 3.30. The van der Waals surface area contributed by atoms with E-state index >= 15 is 0 Å². The van der Waals surface area contributed by atoms with Crippen molar-refractivity contribution in [3.8, 4) is 0 Å². The van der Waals surface area contributed by atoms with E-state index in [1.54, 1.807) is 0 Å². The molecule has 1 amide bonds. The monoisotopic (exact) mass is 214 g/mol. The first-order chi connectivity index (χ1) is 6.94. The van der Waals surface area contributed by atoms with Crippen molar-refractivity contribution in [1.82, 2.24) is 5.32 Å². The molecule has 1 fully saturated rings. The van der Waals surface area contributed by atoms with Crippen molar-refractivity contribution in [1.29, 1.82) is 0 Å². The quantitative estimate of drug-likeness (QED) is 0.413. The van der Waals surface area contributed by atoms with E-state index in [0.717, 1.165) is 0 Å². The lowest BCUT2D eigenvalue weighted by Crippen LogP contribution is -2.53. The van der Waals surface area contributed by atoms with Crippen LogP contribution < -0.4 is 5.32 Å². The van der Waals surface area contributed by atoms with Crippen LogP contribution >= 0.6 is 0 Å². The summed E-state index contributed by atoms with van der Waals surface area (Å²) in [5, 5.41) is 14.4. The summed E-state index contributed by atoms with van der Waals surface area (Å²) in [4.78, 5) is 13.2. The maximum Gasteiger partial charge on any atom is 0.404 e. The topological polar surface area (TPSA) is 107 Å². The van der Waals surface area contributed by atoms with Gasteiger partial charge < -0.3 is 15.2 Å². The number of rotatable bonds is 2. The molecule has 1 aliphatic heterocycles. The number of carboxylic acid groups (broad SMARTS) is 1. The standard InChI is InChI=1S/C8H14N4O3/c1-8(2)3-5(11-12-9)6(4-15-8)10-7(13)14/h5-6,10H,3-4H2,1-2H3,(H,13,14)/t5-,6-/m0/s1. The first-order valence-electron chi connectivity index (χ1n) is 4.62. The van der Waals surface area contributed by atoms with Gasteiger partial charge in [0.1, 0.15) is 0 Å². The Morgan fingerprint density at radius 2 is 2.40 bits per heavy atom. The second-order valence-corrected chi connectivity index (χ2v) is 4.10. The lowest BCUT2D eigenvalue weighted by molar-refractivity contribution is -0.0715. The lowest BCUT2D eigenvalue weighted by atomic mass is 9.91. The summed E-state index contributed by atoms with van der Waals surface area (Å²) in [6, 6.07) is -0.860. The van der Waals surface area contributed by atoms with Crippen LogP contribution in [0.1, 0.15) is 20.3 Å². The van der Waals surface area contributed by atoms with Gasteiger partial charge in [0.05, 0.1) is 24.3 Å². The molecule has 0 aromatic carbocycles. The summed E-state index contributed by atoms with van der Waals surface area (Å²) in [5.41, 5.74) is 8.00. The molecule has 0 unspecified atom stereocenters. The zero-order chi connectivity index (χ0) is 11.5. The molecule has 84 valence electrons. The summed E-state index contributed by atoms with van der Waals surface area (Å²) in [6.45, 7) is 3.98. The average Bonchev–Trinajstić information content (AvgIpc) is 2.09. The molecule has 0 aromatic heterocycles. The van der Waals surface area contributed by atoms with Crippen LogP contribution in [0, 0.1) is 0 Å². The van der Waals surface area contributed by atoms with Crippen LogP contribution in [0.2, 0.25) is 0 Å². The first-order valence-corrected chi connectivity index (χ1v) is 4.62. The van der Waals surface area contributed by atoms with Crippen LogP contribution in [0.25, 0.3) is 10.4 Å². The molecule has 0 radical (unpaired) electrons. The molecule has 1 rings (SSSR count). The van der Waals surface area contributed by atoms with Crippen molar-refractivity contribution in [3.05, 3.63) is 10.4 Å². The summed E-state index contributed by atoms with van der Waals surface area (Å²) in [7, 11) is 0. The smallest absolute Gasteiger partial charge is 0.404 e. The van der Waals surface area contributed by atoms with E-state index in [1.807, 2.05) is 13.8 Å². The highest BCUT2D eigenvalue weighted by molar-refractivity contribution is 5.65. The molecule has 1 saturated heterocycles. The summed E-state index contributed by atoms with van der Waals surface area (Å²) >= 11 is 0. The Balaban J connectivity index is 2.71. The zero-order valence-corrected chi connectivity index (χ0v) is 8.67. The maximum absolute atomic E-state index is 10.5. The van der Waals surface area contributed by atoms with Gasteiger partial charge in [0.2, 0.25) is 0 Å². The van der Waals surface area contributed by atoms with Crippen LogP contribution in [0.5, 0.6) is 0 Å². The molecule has 0 aliphatic carbocycles. The maximum atomic E-state index is 10.5. The number of hydrogen-bond donors (Lipinski definition) is 2. The molecule has 1 aliphatic rings. The van der Waals surface area contributed by atoms with Crippen LogP contribution in [-0.4, -0.2) is 35.5 Å². The third-order valence-corrected chi connectivity index (χ3v) is 2.33. The Kier molecular flexibility index (Phi) is 3.39.